The number of hydrogen-bond donors (Lipinski definition) is 1. The van der Waals surface area contributed by atoms with E-state index in [9.17, 15) is 9.59 Å². The first-order valence-corrected chi connectivity index (χ1v) is 7.42. The molecule has 0 saturated carbocycles. The zero-order valence-electron chi connectivity index (χ0n) is 12.0. The van der Waals surface area contributed by atoms with Crippen molar-refractivity contribution < 1.29 is 14.3 Å². The average molecular weight is 363 g/mol. The molecule has 1 amide bonds. The molecular weight excluding hydrogens is 348 g/mol. The molecule has 5 nitrogen and oxygen atoms in total. The molecule has 0 aliphatic carbocycles. The van der Waals surface area contributed by atoms with E-state index in [4.69, 9.17) is 4.74 Å². The molecule has 2 aromatic rings. The van der Waals surface area contributed by atoms with Crippen LogP contribution in [0.2, 0.25) is 0 Å². The fourth-order valence-corrected chi connectivity index (χ4v) is 2.19. The minimum atomic E-state index is -0.751. The van der Waals surface area contributed by atoms with Crippen LogP contribution in [-0.4, -0.2) is 30.0 Å². The smallest absolute Gasteiger partial charge is 0.328 e. The highest BCUT2D eigenvalue weighted by Crippen LogP contribution is 2.12. The van der Waals surface area contributed by atoms with Crippen LogP contribution >= 0.6 is 15.9 Å². The summed E-state index contributed by atoms with van der Waals surface area (Å²) in [6.07, 6.45) is 3.38. The van der Waals surface area contributed by atoms with Crippen LogP contribution in [-0.2, 0) is 16.0 Å². The van der Waals surface area contributed by atoms with E-state index in [0.29, 0.717) is 12.0 Å². The van der Waals surface area contributed by atoms with Gasteiger partial charge in [-0.25, -0.2) is 4.79 Å². The van der Waals surface area contributed by atoms with E-state index in [0.717, 1.165) is 10.0 Å². The zero-order valence-corrected chi connectivity index (χ0v) is 13.5. The van der Waals surface area contributed by atoms with Crippen LogP contribution < -0.4 is 5.32 Å². The van der Waals surface area contributed by atoms with Crippen LogP contribution in [0.25, 0.3) is 0 Å². The maximum Gasteiger partial charge on any atom is 0.328 e. The van der Waals surface area contributed by atoms with Crippen molar-refractivity contribution >= 4 is 27.8 Å². The lowest BCUT2D eigenvalue weighted by atomic mass is 10.1. The largest absolute Gasteiger partial charge is 0.467 e. The summed E-state index contributed by atoms with van der Waals surface area (Å²) < 4.78 is 5.72. The third-order valence-corrected chi connectivity index (χ3v) is 3.60. The van der Waals surface area contributed by atoms with Gasteiger partial charge in [0.15, 0.2) is 0 Å². The number of rotatable bonds is 5. The summed E-state index contributed by atoms with van der Waals surface area (Å²) in [6.45, 7) is 0. The van der Waals surface area contributed by atoms with Crippen LogP contribution in [0.3, 0.4) is 0 Å². The summed E-state index contributed by atoms with van der Waals surface area (Å²) >= 11 is 3.36. The van der Waals surface area contributed by atoms with E-state index < -0.39 is 12.0 Å². The molecule has 114 valence electrons. The molecule has 0 bridgehead atoms. The number of esters is 1. The molecule has 22 heavy (non-hydrogen) atoms. The van der Waals surface area contributed by atoms with Crippen molar-refractivity contribution in [2.24, 2.45) is 0 Å². The van der Waals surface area contributed by atoms with E-state index in [2.05, 4.69) is 26.2 Å². The molecule has 1 aromatic carbocycles. The zero-order chi connectivity index (χ0) is 15.9. The van der Waals surface area contributed by atoms with Crippen molar-refractivity contribution in [2.75, 3.05) is 7.11 Å². The highest BCUT2D eigenvalue weighted by molar-refractivity contribution is 9.10. The van der Waals surface area contributed by atoms with Gasteiger partial charge in [0.25, 0.3) is 5.91 Å². The number of methoxy groups -OCH3 is 1. The van der Waals surface area contributed by atoms with E-state index in [1.165, 1.54) is 13.3 Å². The Kier molecular flexibility index (Phi) is 5.66. The number of amides is 1. The van der Waals surface area contributed by atoms with Crippen molar-refractivity contribution in [1.29, 1.82) is 0 Å². The number of carbonyl (C=O) groups excluding carboxylic acids is 2. The number of nitrogens with zero attached hydrogens (tertiary/aromatic N) is 1. The molecule has 0 unspecified atom stereocenters. The fourth-order valence-electron chi connectivity index (χ4n) is 1.93. The first-order chi connectivity index (χ1) is 10.6. The van der Waals surface area contributed by atoms with Gasteiger partial charge in [-0.05, 0) is 29.8 Å². The maximum absolute atomic E-state index is 12.2. The highest BCUT2D eigenvalue weighted by atomic mass is 79.9. The van der Waals surface area contributed by atoms with Gasteiger partial charge in [0.05, 0.1) is 12.7 Å². The number of halogens is 1. The van der Waals surface area contributed by atoms with Gasteiger partial charge in [-0.1, -0.05) is 28.1 Å². The molecular formula is C16H15BrN2O3. The molecule has 1 aromatic heterocycles. The standard InChI is InChI=1S/C16H15BrN2O3/c1-22-16(21)14(9-11-4-6-13(17)7-5-11)19-15(20)12-3-2-8-18-10-12/h2-8,10,14H,9H2,1H3,(H,19,20)/t14-/m1/s1. The van der Waals surface area contributed by atoms with Gasteiger partial charge in [0.2, 0.25) is 0 Å². The molecule has 0 spiro atoms. The molecule has 0 fully saturated rings. The lowest BCUT2D eigenvalue weighted by Gasteiger charge is -2.16. The maximum atomic E-state index is 12.2. The van der Waals surface area contributed by atoms with Gasteiger partial charge in [-0.2, -0.15) is 0 Å². The Labute approximate surface area is 136 Å². The van der Waals surface area contributed by atoms with E-state index >= 15 is 0 Å². The molecule has 0 radical (unpaired) electrons. The Morgan fingerprint density at radius 1 is 1.27 bits per heavy atom. The summed E-state index contributed by atoms with van der Waals surface area (Å²) in [6, 6.07) is 10.1. The predicted octanol–water partition coefficient (Wildman–Crippen LogP) is 2.36. The predicted molar refractivity (Wildman–Crippen MR) is 85.4 cm³/mol. The van der Waals surface area contributed by atoms with Gasteiger partial charge < -0.3 is 10.1 Å². The Bertz CT molecular complexity index is 644. The van der Waals surface area contributed by atoms with Crippen LogP contribution in [0.15, 0.2) is 53.3 Å². The third kappa shape index (κ3) is 4.39. The van der Waals surface area contributed by atoms with Gasteiger partial charge in [-0.15, -0.1) is 0 Å². The number of nitrogens with one attached hydrogen (secondary N) is 1. The molecule has 0 aliphatic heterocycles. The van der Waals surface area contributed by atoms with Gasteiger partial charge in [0.1, 0.15) is 6.04 Å². The Hall–Kier alpha value is -2.21. The van der Waals surface area contributed by atoms with E-state index in [1.807, 2.05) is 24.3 Å². The lowest BCUT2D eigenvalue weighted by Crippen LogP contribution is -2.43. The number of hydrogen-bond acceptors (Lipinski definition) is 4. The minimum Gasteiger partial charge on any atom is -0.467 e. The van der Waals surface area contributed by atoms with E-state index in [1.54, 1.807) is 18.3 Å². The Balaban J connectivity index is 2.11. The number of pyridine rings is 1. The summed E-state index contributed by atoms with van der Waals surface area (Å²) in [5.74, 6) is -0.847. The second-order valence-electron chi connectivity index (χ2n) is 4.62. The SMILES string of the molecule is COC(=O)[C@@H](Cc1ccc(Br)cc1)NC(=O)c1cccnc1. The summed E-state index contributed by atoms with van der Waals surface area (Å²) in [7, 11) is 1.30. The first kappa shape index (κ1) is 16.2. The Morgan fingerprint density at radius 2 is 2.00 bits per heavy atom. The van der Waals surface area contributed by atoms with Gasteiger partial charge >= 0.3 is 5.97 Å². The monoisotopic (exact) mass is 362 g/mol. The minimum absolute atomic E-state index is 0.353. The van der Waals surface area contributed by atoms with E-state index in [-0.39, 0.29) is 5.91 Å². The van der Waals surface area contributed by atoms with Crippen LogP contribution in [0.4, 0.5) is 0 Å². The second-order valence-corrected chi connectivity index (χ2v) is 5.54. The summed E-state index contributed by atoms with van der Waals surface area (Å²) in [5, 5.41) is 2.68. The van der Waals surface area contributed by atoms with Crippen molar-refractivity contribution in [3.63, 3.8) is 0 Å². The molecule has 2 rings (SSSR count). The first-order valence-electron chi connectivity index (χ1n) is 6.63. The van der Waals surface area contributed by atoms with Crippen LogP contribution in [0, 0.1) is 0 Å². The second kappa shape index (κ2) is 7.70. The molecule has 1 N–H and O–H groups in total. The van der Waals surface area contributed by atoms with Gasteiger partial charge in [-0.3, -0.25) is 9.78 Å². The molecule has 1 atom stereocenters. The molecule has 0 aliphatic rings. The molecule has 1 heterocycles. The molecule has 6 heteroatoms. The van der Waals surface area contributed by atoms with Gasteiger partial charge in [0, 0.05) is 23.3 Å². The van der Waals surface area contributed by atoms with Crippen LogP contribution in [0.5, 0.6) is 0 Å². The quantitative estimate of drug-likeness (QED) is 0.829. The number of carbonyl (C=O) groups is 2. The highest BCUT2D eigenvalue weighted by Gasteiger charge is 2.22. The number of aromatic nitrogens is 1. The normalized spacial score (nSPS) is 11.5. The Morgan fingerprint density at radius 3 is 2.59 bits per heavy atom. The average Bonchev–Trinajstić information content (AvgIpc) is 2.56. The number of benzene rings is 1. The summed E-state index contributed by atoms with van der Waals surface area (Å²) in [5.41, 5.74) is 1.32. The molecule has 0 saturated heterocycles. The van der Waals surface area contributed by atoms with Crippen molar-refractivity contribution in [3.8, 4) is 0 Å². The van der Waals surface area contributed by atoms with Crippen LogP contribution in [0.1, 0.15) is 15.9 Å². The van der Waals surface area contributed by atoms with Crippen molar-refractivity contribution in [2.45, 2.75) is 12.5 Å². The number of ether oxygens (including phenoxy) is 1. The lowest BCUT2D eigenvalue weighted by molar-refractivity contribution is -0.142. The van der Waals surface area contributed by atoms with Crippen molar-refractivity contribution in [3.05, 3.63) is 64.4 Å². The summed E-state index contributed by atoms with van der Waals surface area (Å²) in [4.78, 5) is 27.9. The fraction of sp³-hybridized carbons (Fsp3) is 0.188. The topological polar surface area (TPSA) is 68.3 Å². The third-order valence-electron chi connectivity index (χ3n) is 3.07. The van der Waals surface area contributed by atoms with Crippen molar-refractivity contribution in [1.82, 2.24) is 10.3 Å².